The Kier molecular flexibility index (Phi) is 4.78. The molecule has 0 atom stereocenters. The molecule has 0 fully saturated rings. The van der Waals surface area contributed by atoms with E-state index in [1.54, 1.807) is 12.1 Å². The summed E-state index contributed by atoms with van der Waals surface area (Å²) in [6, 6.07) is 10.3. The molecule has 0 aromatic heterocycles. The third-order valence-corrected chi connectivity index (χ3v) is 4.30. The first-order chi connectivity index (χ1) is 9.88. The second kappa shape index (κ2) is 6.39. The number of carbonyl (C=O) groups excluding carboxylic acids is 1. The zero-order chi connectivity index (χ0) is 15.6. The number of nitrogens with zero attached hydrogens (tertiary/aromatic N) is 1. The predicted molar refractivity (Wildman–Crippen MR) is 87.6 cm³/mol. The molecule has 0 N–H and O–H groups in total. The van der Waals surface area contributed by atoms with Crippen LogP contribution in [0.2, 0.25) is 0 Å². The van der Waals surface area contributed by atoms with Gasteiger partial charge in [-0.3, -0.25) is 4.79 Å². The van der Waals surface area contributed by atoms with Gasteiger partial charge in [-0.2, -0.15) is 0 Å². The fourth-order valence-corrected chi connectivity index (χ4v) is 2.58. The fraction of sp³-hybridized carbons (Fsp3) is 0.235. The van der Waals surface area contributed by atoms with Crippen LogP contribution < -0.4 is 4.90 Å². The first kappa shape index (κ1) is 15.7. The second-order valence-electron chi connectivity index (χ2n) is 5.21. The first-order valence-corrected chi connectivity index (χ1v) is 7.43. The molecule has 0 heterocycles. The van der Waals surface area contributed by atoms with Crippen LogP contribution in [0.15, 0.2) is 40.9 Å². The lowest BCUT2D eigenvalue weighted by Crippen LogP contribution is -2.09. The van der Waals surface area contributed by atoms with Crippen LogP contribution in [-0.4, -0.2) is 19.9 Å². The summed E-state index contributed by atoms with van der Waals surface area (Å²) in [5, 5.41) is 0. The molecule has 4 heteroatoms. The van der Waals surface area contributed by atoms with Crippen molar-refractivity contribution in [3.8, 4) is 0 Å². The van der Waals surface area contributed by atoms with E-state index in [9.17, 15) is 9.18 Å². The minimum Gasteiger partial charge on any atom is -0.378 e. The maximum Gasteiger partial charge on any atom is 0.167 e. The van der Waals surface area contributed by atoms with Crippen LogP contribution >= 0.6 is 15.9 Å². The van der Waals surface area contributed by atoms with Crippen molar-refractivity contribution in [2.75, 3.05) is 19.0 Å². The summed E-state index contributed by atoms with van der Waals surface area (Å²) in [4.78, 5) is 14.3. The van der Waals surface area contributed by atoms with Gasteiger partial charge in [0, 0.05) is 36.2 Å². The maximum atomic E-state index is 13.5. The third-order valence-electron chi connectivity index (χ3n) is 3.47. The standard InChI is InChI=1S/C17H17BrFNO/c1-11-13(8-14(19)10-16(11)18)9-17(21)12-4-6-15(7-5-12)20(2)3/h4-8,10H,9H2,1-3H3. The van der Waals surface area contributed by atoms with E-state index in [1.807, 2.05) is 38.1 Å². The molecule has 21 heavy (non-hydrogen) atoms. The summed E-state index contributed by atoms with van der Waals surface area (Å²) in [5.74, 6) is -0.348. The van der Waals surface area contributed by atoms with Crippen molar-refractivity contribution in [2.45, 2.75) is 13.3 Å². The molecule has 0 bridgehead atoms. The zero-order valence-electron chi connectivity index (χ0n) is 12.3. The lowest BCUT2D eigenvalue weighted by molar-refractivity contribution is 0.0992. The lowest BCUT2D eigenvalue weighted by Gasteiger charge is -2.12. The highest BCUT2D eigenvalue weighted by molar-refractivity contribution is 9.10. The number of Topliss-reactive ketones (excluding diaryl/α,β-unsaturated/α-hetero) is 1. The average molecular weight is 350 g/mol. The van der Waals surface area contributed by atoms with Gasteiger partial charge >= 0.3 is 0 Å². The van der Waals surface area contributed by atoms with Crippen molar-refractivity contribution in [3.05, 3.63) is 63.4 Å². The normalized spacial score (nSPS) is 10.5. The van der Waals surface area contributed by atoms with Crippen LogP contribution in [0, 0.1) is 12.7 Å². The van der Waals surface area contributed by atoms with Gasteiger partial charge in [-0.05, 0) is 54.4 Å². The highest BCUT2D eigenvalue weighted by atomic mass is 79.9. The number of benzene rings is 2. The van der Waals surface area contributed by atoms with Gasteiger partial charge in [-0.1, -0.05) is 15.9 Å². The Balaban J connectivity index is 2.22. The smallest absolute Gasteiger partial charge is 0.167 e. The van der Waals surface area contributed by atoms with E-state index in [2.05, 4.69) is 15.9 Å². The van der Waals surface area contributed by atoms with Gasteiger partial charge in [0.25, 0.3) is 0 Å². The number of rotatable bonds is 4. The number of ketones is 1. The predicted octanol–water partition coefficient (Wildman–Crippen LogP) is 4.39. The van der Waals surface area contributed by atoms with Gasteiger partial charge in [-0.15, -0.1) is 0 Å². The molecule has 0 saturated carbocycles. The Hall–Kier alpha value is -1.68. The summed E-state index contributed by atoms with van der Waals surface area (Å²) in [6.45, 7) is 1.88. The van der Waals surface area contributed by atoms with Crippen LogP contribution in [0.1, 0.15) is 21.5 Å². The fourth-order valence-electron chi connectivity index (χ4n) is 2.10. The Bertz CT molecular complexity index is 665. The molecule has 110 valence electrons. The van der Waals surface area contributed by atoms with Crippen LogP contribution in [0.3, 0.4) is 0 Å². The van der Waals surface area contributed by atoms with Crippen molar-refractivity contribution in [1.82, 2.24) is 0 Å². The molecule has 0 aliphatic rings. The summed E-state index contributed by atoms with van der Waals surface area (Å²) in [6.07, 6.45) is 0.198. The zero-order valence-corrected chi connectivity index (χ0v) is 13.9. The van der Waals surface area contributed by atoms with Crippen molar-refractivity contribution >= 4 is 27.4 Å². The Labute approximate surface area is 132 Å². The minimum absolute atomic E-state index is 0.0130. The van der Waals surface area contributed by atoms with Crippen LogP contribution in [0.25, 0.3) is 0 Å². The molecule has 2 rings (SSSR count). The van der Waals surface area contributed by atoms with Crippen LogP contribution in [0.4, 0.5) is 10.1 Å². The first-order valence-electron chi connectivity index (χ1n) is 6.63. The molecule has 0 radical (unpaired) electrons. The molecule has 0 unspecified atom stereocenters. The molecule has 0 saturated heterocycles. The topological polar surface area (TPSA) is 20.3 Å². The number of anilines is 1. The highest BCUT2D eigenvalue weighted by Crippen LogP contribution is 2.23. The van der Waals surface area contributed by atoms with Crippen molar-refractivity contribution in [1.29, 1.82) is 0 Å². The van der Waals surface area contributed by atoms with E-state index in [-0.39, 0.29) is 18.0 Å². The van der Waals surface area contributed by atoms with E-state index >= 15 is 0 Å². The number of hydrogen-bond donors (Lipinski definition) is 0. The maximum absolute atomic E-state index is 13.5. The number of hydrogen-bond acceptors (Lipinski definition) is 2. The monoisotopic (exact) mass is 349 g/mol. The Morgan fingerprint density at radius 1 is 1.19 bits per heavy atom. The van der Waals surface area contributed by atoms with Gasteiger partial charge in [0.2, 0.25) is 0 Å². The molecule has 0 spiro atoms. The van der Waals surface area contributed by atoms with Gasteiger partial charge < -0.3 is 4.90 Å². The quantitative estimate of drug-likeness (QED) is 0.763. The number of carbonyl (C=O) groups is 1. The molecule has 0 aliphatic carbocycles. The van der Waals surface area contributed by atoms with E-state index in [0.717, 1.165) is 11.3 Å². The molecule has 2 aromatic carbocycles. The third kappa shape index (κ3) is 3.70. The Morgan fingerprint density at radius 3 is 2.38 bits per heavy atom. The van der Waals surface area contributed by atoms with E-state index in [4.69, 9.17) is 0 Å². The average Bonchev–Trinajstić information content (AvgIpc) is 2.44. The molecular formula is C17H17BrFNO. The molecular weight excluding hydrogens is 333 g/mol. The van der Waals surface area contributed by atoms with E-state index in [0.29, 0.717) is 15.6 Å². The minimum atomic E-state index is -0.335. The highest BCUT2D eigenvalue weighted by Gasteiger charge is 2.12. The second-order valence-corrected chi connectivity index (χ2v) is 6.07. The van der Waals surface area contributed by atoms with Gasteiger partial charge in [0.15, 0.2) is 5.78 Å². The summed E-state index contributed by atoms with van der Waals surface area (Å²) < 4.78 is 14.1. The molecule has 2 nitrogen and oxygen atoms in total. The number of halogens is 2. The summed E-state index contributed by atoms with van der Waals surface area (Å²) in [7, 11) is 3.90. The SMILES string of the molecule is Cc1c(Br)cc(F)cc1CC(=O)c1ccc(N(C)C)cc1. The van der Waals surface area contributed by atoms with Gasteiger partial charge in [0.1, 0.15) is 5.82 Å². The van der Waals surface area contributed by atoms with Crippen LogP contribution in [-0.2, 0) is 6.42 Å². The van der Waals surface area contributed by atoms with Crippen molar-refractivity contribution < 1.29 is 9.18 Å². The van der Waals surface area contributed by atoms with E-state index < -0.39 is 0 Å². The summed E-state index contributed by atoms with van der Waals surface area (Å²) >= 11 is 3.31. The largest absolute Gasteiger partial charge is 0.378 e. The van der Waals surface area contributed by atoms with Gasteiger partial charge in [-0.25, -0.2) is 4.39 Å². The molecule has 0 aliphatic heterocycles. The van der Waals surface area contributed by atoms with E-state index in [1.165, 1.54) is 12.1 Å². The summed E-state index contributed by atoms with van der Waals surface area (Å²) in [5.41, 5.74) is 3.29. The molecule has 2 aromatic rings. The Morgan fingerprint density at radius 2 is 1.81 bits per heavy atom. The molecule has 0 amide bonds. The van der Waals surface area contributed by atoms with Crippen LogP contribution in [0.5, 0.6) is 0 Å². The van der Waals surface area contributed by atoms with Crippen molar-refractivity contribution in [2.24, 2.45) is 0 Å². The van der Waals surface area contributed by atoms with Crippen molar-refractivity contribution in [3.63, 3.8) is 0 Å². The lowest BCUT2D eigenvalue weighted by atomic mass is 9.99. The van der Waals surface area contributed by atoms with Gasteiger partial charge in [0.05, 0.1) is 0 Å².